The number of aryl methyl sites for hydroxylation is 2. The smallest absolute Gasteiger partial charge is 0.113 e. The van der Waals surface area contributed by atoms with E-state index in [-0.39, 0.29) is 0 Å². The Morgan fingerprint density at radius 3 is 3.00 bits per heavy atom. The Balaban J connectivity index is 2.18. The highest BCUT2D eigenvalue weighted by molar-refractivity contribution is 7.18. The predicted octanol–water partition coefficient (Wildman–Crippen LogP) is 3.33. The number of fused-ring (bicyclic) bond motifs is 1. The van der Waals surface area contributed by atoms with Crippen LogP contribution in [0, 0.1) is 6.92 Å². The molecule has 0 radical (unpaired) electrons. The largest absolute Gasteiger partial charge is 0.397 e. The lowest BCUT2D eigenvalue weighted by molar-refractivity contribution is 0.810. The first-order chi connectivity index (χ1) is 9.19. The van der Waals surface area contributed by atoms with Crippen LogP contribution in [0.2, 0.25) is 0 Å². The molecule has 0 saturated heterocycles. The van der Waals surface area contributed by atoms with E-state index in [2.05, 4.69) is 27.5 Å². The van der Waals surface area contributed by atoms with E-state index in [4.69, 9.17) is 5.73 Å². The standard InChI is InChI=1S/C14H16N4S/c1-3-4-14-16-5-6-18(14)12-8-11-13(7-10(12)15)19-9(2)17-11/h5-8H,3-4,15H2,1-2H3. The van der Waals surface area contributed by atoms with E-state index in [9.17, 15) is 0 Å². The van der Waals surface area contributed by atoms with Crippen LogP contribution < -0.4 is 5.73 Å². The molecule has 5 heteroatoms. The van der Waals surface area contributed by atoms with Gasteiger partial charge in [-0.3, -0.25) is 0 Å². The molecule has 4 nitrogen and oxygen atoms in total. The number of thiazole rings is 1. The van der Waals surface area contributed by atoms with Crippen LogP contribution in [0.15, 0.2) is 24.5 Å². The molecule has 0 atom stereocenters. The Morgan fingerprint density at radius 1 is 1.37 bits per heavy atom. The Bertz CT molecular complexity index is 726. The third kappa shape index (κ3) is 2.10. The maximum absolute atomic E-state index is 6.18. The molecule has 0 bridgehead atoms. The third-order valence-corrected chi connectivity index (χ3v) is 4.03. The van der Waals surface area contributed by atoms with Gasteiger partial charge in [-0.1, -0.05) is 6.92 Å². The molecule has 1 aromatic carbocycles. The highest BCUT2D eigenvalue weighted by Gasteiger charge is 2.10. The van der Waals surface area contributed by atoms with Crippen LogP contribution in [0.3, 0.4) is 0 Å². The molecule has 0 spiro atoms. The SMILES string of the molecule is CCCc1nccn1-c1cc2nc(C)sc2cc1N. The number of imidazole rings is 1. The van der Waals surface area contributed by atoms with Gasteiger partial charge in [0.2, 0.25) is 0 Å². The molecule has 0 aliphatic heterocycles. The second kappa shape index (κ2) is 4.66. The van der Waals surface area contributed by atoms with Crippen LogP contribution in [-0.4, -0.2) is 14.5 Å². The zero-order chi connectivity index (χ0) is 13.4. The number of hydrogen-bond donors (Lipinski definition) is 1. The minimum atomic E-state index is 0.770. The molecule has 19 heavy (non-hydrogen) atoms. The topological polar surface area (TPSA) is 56.7 Å². The molecule has 0 saturated carbocycles. The molecular formula is C14H16N4S. The second-order valence-electron chi connectivity index (χ2n) is 4.58. The summed E-state index contributed by atoms with van der Waals surface area (Å²) >= 11 is 1.67. The van der Waals surface area contributed by atoms with Crippen molar-refractivity contribution in [2.75, 3.05) is 5.73 Å². The van der Waals surface area contributed by atoms with E-state index in [1.807, 2.05) is 25.4 Å². The Hall–Kier alpha value is -1.88. The average Bonchev–Trinajstić information content (AvgIpc) is 2.94. The van der Waals surface area contributed by atoms with Gasteiger partial charge in [0.05, 0.1) is 26.6 Å². The maximum Gasteiger partial charge on any atom is 0.113 e. The highest BCUT2D eigenvalue weighted by atomic mass is 32.1. The molecule has 2 N–H and O–H groups in total. The molecule has 0 aliphatic carbocycles. The third-order valence-electron chi connectivity index (χ3n) is 3.09. The van der Waals surface area contributed by atoms with Gasteiger partial charge in [0.15, 0.2) is 0 Å². The number of nitrogen functional groups attached to an aromatic ring is 1. The lowest BCUT2D eigenvalue weighted by Gasteiger charge is -2.10. The van der Waals surface area contributed by atoms with Crippen molar-refractivity contribution < 1.29 is 0 Å². The molecular weight excluding hydrogens is 256 g/mol. The van der Waals surface area contributed by atoms with Crippen molar-refractivity contribution in [2.45, 2.75) is 26.7 Å². The Morgan fingerprint density at radius 2 is 2.21 bits per heavy atom. The fourth-order valence-corrected chi connectivity index (χ4v) is 3.12. The molecule has 98 valence electrons. The minimum absolute atomic E-state index is 0.770. The minimum Gasteiger partial charge on any atom is -0.397 e. The van der Waals surface area contributed by atoms with Crippen molar-refractivity contribution in [3.05, 3.63) is 35.4 Å². The zero-order valence-electron chi connectivity index (χ0n) is 11.1. The summed E-state index contributed by atoms with van der Waals surface area (Å²) in [6, 6.07) is 4.06. The number of aromatic nitrogens is 3. The average molecular weight is 272 g/mol. The van der Waals surface area contributed by atoms with E-state index >= 15 is 0 Å². The van der Waals surface area contributed by atoms with Crippen LogP contribution in [0.1, 0.15) is 24.2 Å². The highest BCUT2D eigenvalue weighted by Crippen LogP contribution is 2.29. The van der Waals surface area contributed by atoms with Crippen molar-refractivity contribution in [3.63, 3.8) is 0 Å². The molecule has 3 aromatic rings. The van der Waals surface area contributed by atoms with E-state index in [1.165, 1.54) is 0 Å². The van der Waals surface area contributed by atoms with Crippen molar-refractivity contribution in [2.24, 2.45) is 0 Å². The first-order valence-corrected chi connectivity index (χ1v) is 7.20. The molecule has 3 rings (SSSR count). The predicted molar refractivity (Wildman–Crippen MR) is 79.9 cm³/mol. The number of hydrogen-bond acceptors (Lipinski definition) is 4. The first-order valence-electron chi connectivity index (χ1n) is 6.38. The van der Waals surface area contributed by atoms with Gasteiger partial charge in [0.1, 0.15) is 5.82 Å². The van der Waals surface area contributed by atoms with Crippen LogP contribution in [0.5, 0.6) is 0 Å². The van der Waals surface area contributed by atoms with Gasteiger partial charge < -0.3 is 10.3 Å². The summed E-state index contributed by atoms with van der Waals surface area (Å²) in [5.74, 6) is 1.04. The van der Waals surface area contributed by atoms with Crippen LogP contribution >= 0.6 is 11.3 Å². The maximum atomic E-state index is 6.18. The molecule has 0 aliphatic rings. The van der Waals surface area contributed by atoms with Gasteiger partial charge in [-0.05, 0) is 25.5 Å². The van der Waals surface area contributed by atoms with Gasteiger partial charge >= 0.3 is 0 Å². The number of benzene rings is 1. The fraction of sp³-hybridized carbons (Fsp3) is 0.286. The van der Waals surface area contributed by atoms with Gasteiger partial charge in [-0.15, -0.1) is 11.3 Å². The molecule has 2 heterocycles. The molecule has 2 aromatic heterocycles. The molecule has 0 amide bonds. The van der Waals surface area contributed by atoms with Crippen molar-refractivity contribution in [1.29, 1.82) is 0 Å². The number of anilines is 1. The Labute approximate surface area is 115 Å². The molecule has 0 fully saturated rings. The number of nitrogens with zero attached hydrogens (tertiary/aromatic N) is 3. The lowest BCUT2D eigenvalue weighted by atomic mass is 10.2. The normalized spacial score (nSPS) is 11.3. The summed E-state index contributed by atoms with van der Waals surface area (Å²) in [5, 5.41) is 1.06. The van der Waals surface area contributed by atoms with Crippen molar-refractivity contribution >= 4 is 27.2 Å². The van der Waals surface area contributed by atoms with Crippen LogP contribution in [0.25, 0.3) is 15.9 Å². The van der Waals surface area contributed by atoms with Gasteiger partial charge in [-0.2, -0.15) is 0 Å². The number of nitrogens with two attached hydrogens (primary N) is 1. The lowest BCUT2D eigenvalue weighted by Crippen LogP contribution is -2.03. The first kappa shape index (κ1) is 12.2. The van der Waals surface area contributed by atoms with E-state index in [0.717, 1.165) is 45.3 Å². The summed E-state index contributed by atoms with van der Waals surface area (Å²) < 4.78 is 3.20. The van der Waals surface area contributed by atoms with Gasteiger partial charge in [-0.25, -0.2) is 9.97 Å². The van der Waals surface area contributed by atoms with E-state index in [0.29, 0.717) is 0 Å². The summed E-state index contributed by atoms with van der Waals surface area (Å²) in [5.41, 5.74) is 8.93. The quantitative estimate of drug-likeness (QED) is 0.744. The summed E-state index contributed by atoms with van der Waals surface area (Å²) in [6.45, 7) is 4.16. The van der Waals surface area contributed by atoms with Gasteiger partial charge in [0.25, 0.3) is 0 Å². The van der Waals surface area contributed by atoms with Gasteiger partial charge in [0, 0.05) is 18.8 Å². The monoisotopic (exact) mass is 272 g/mol. The summed E-state index contributed by atoms with van der Waals surface area (Å²) in [6.07, 6.45) is 5.79. The van der Waals surface area contributed by atoms with Crippen molar-refractivity contribution in [1.82, 2.24) is 14.5 Å². The molecule has 0 unspecified atom stereocenters. The number of rotatable bonds is 3. The van der Waals surface area contributed by atoms with Crippen LogP contribution in [-0.2, 0) is 6.42 Å². The van der Waals surface area contributed by atoms with Crippen LogP contribution in [0.4, 0.5) is 5.69 Å². The second-order valence-corrected chi connectivity index (χ2v) is 5.81. The summed E-state index contributed by atoms with van der Waals surface area (Å²) in [7, 11) is 0. The van der Waals surface area contributed by atoms with E-state index < -0.39 is 0 Å². The van der Waals surface area contributed by atoms with Crippen molar-refractivity contribution in [3.8, 4) is 5.69 Å². The summed E-state index contributed by atoms with van der Waals surface area (Å²) in [4.78, 5) is 8.93. The Kier molecular flexibility index (Phi) is 2.98. The zero-order valence-corrected chi connectivity index (χ0v) is 11.9. The fourth-order valence-electron chi connectivity index (χ4n) is 2.26. The van der Waals surface area contributed by atoms with E-state index in [1.54, 1.807) is 11.3 Å².